The summed E-state index contributed by atoms with van der Waals surface area (Å²) in [4.78, 5) is 11.9. The molecule has 0 aliphatic heterocycles. The summed E-state index contributed by atoms with van der Waals surface area (Å²) in [5.74, 6) is 0.316. The molecule has 1 atom stereocenters. The molecule has 1 N–H and O–H groups in total. The molecule has 0 unspecified atom stereocenters. The summed E-state index contributed by atoms with van der Waals surface area (Å²) in [5.41, 5.74) is 0.819. The summed E-state index contributed by atoms with van der Waals surface area (Å²) in [6.45, 7) is 1.98. The summed E-state index contributed by atoms with van der Waals surface area (Å²) in [5, 5.41) is 0. The number of amides is 1. The van der Waals surface area contributed by atoms with Gasteiger partial charge in [0.1, 0.15) is 15.9 Å². The Morgan fingerprint density at radius 3 is 2.90 bits per heavy atom. The zero-order chi connectivity index (χ0) is 15.0. The molecular weight excluding hydrogens is 310 g/mol. The highest BCUT2D eigenvalue weighted by Gasteiger charge is 2.30. The van der Waals surface area contributed by atoms with Gasteiger partial charge >= 0.3 is 0 Å². The normalized spacial score (nSPS) is 16.8. The van der Waals surface area contributed by atoms with Crippen molar-refractivity contribution >= 4 is 38.7 Å². The Morgan fingerprint density at radius 1 is 1.43 bits per heavy atom. The Balaban J connectivity index is 1.80. The predicted octanol–water partition coefficient (Wildman–Crippen LogP) is 1.93. The number of fused-ring (bicyclic) bond motifs is 1. The summed E-state index contributed by atoms with van der Waals surface area (Å²) < 4.78 is 34.8. The number of rotatable bonds is 5. The van der Waals surface area contributed by atoms with Gasteiger partial charge in [-0.3, -0.25) is 4.79 Å². The number of nitrogens with one attached hydrogen (secondary N) is 1. The first-order chi connectivity index (χ1) is 9.97. The molecule has 1 aromatic carbocycles. The van der Waals surface area contributed by atoms with Gasteiger partial charge in [-0.15, -0.1) is 0 Å². The Hall–Kier alpha value is -1.54. The molecule has 0 radical (unpaired) electrons. The molecule has 2 aromatic rings. The lowest BCUT2D eigenvalue weighted by Crippen LogP contribution is -2.32. The molecule has 6 nitrogen and oxygen atoms in total. The molecule has 1 fully saturated rings. The van der Waals surface area contributed by atoms with Crippen LogP contribution in [0.25, 0.3) is 11.0 Å². The SMILES string of the molecule is C[C@H](CC(=O)NS(=O)(=O)c1cccc2nsnc12)C1CC1. The maximum atomic E-state index is 12.3. The van der Waals surface area contributed by atoms with Crippen LogP contribution in [0.3, 0.4) is 0 Å². The molecule has 3 rings (SSSR count). The third-order valence-electron chi connectivity index (χ3n) is 3.72. The van der Waals surface area contributed by atoms with Crippen molar-refractivity contribution in [1.82, 2.24) is 13.5 Å². The van der Waals surface area contributed by atoms with E-state index in [-0.39, 0.29) is 17.2 Å². The second kappa shape index (κ2) is 5.34. The highest BCUT2D eigenvalue weighted by molar-refractivity contribution is 7.90. The second-order valence-corrected chi connectivity index (χ2v) is 7.61. The lowest BCUT2D eigenvalue weighted by molar-refractivity contribution is -0.120. The Morgan fingerprint density at radius 2 is 2.19 bits per heavy atom. The first kappa shape index (κ1) is 14.4. The van der Waals surface area contributed by atoms with E-state index < -0.39 is 15.9 Å². The van der Waals surface area contributed by atoms with Crippen molar-refractivity contribution in [3.8, 4) is 0 Å². The fourth-order valence-corrected chi connectivity index (χ4v) is 4.13. The average molecular weight is 325 g/mol. The molecule has 0 bridgehead atoms. The van der Waals surface area contributed by atoms with Crippen molar-refractivity contribution in [3.05, 3.63) is 18.2 Å². The van der Waals surface area contributed by atoms with Crippen LogP contribution in [0.1, 0.15) is 26.2 Å². The molecule has 1 aromatic heterocycles. The first-order valence-corrected chi connectivity index (χ1v) is 8.95. The Labute approximate surface area is 126 Å². The molecule has 1 amide bonds. The monoisotopic (exact) mass is 325 g/mol. The standard InChI is InChI=1S/C13H15N3O3S2/c1-8(9-5-6-9)7-12(17)16-21(18,19)11-4-2-3-10-13(11)15-20-14-10/h2-4,8-9H,5-7H2,1H3,(H,16,17)/t8-/m1/s1. The molecule has 1 aliphatic rings. The number of benzene rings is 1. The van der Waals surface area contributed by atoms with Crippen LogP contribution >= 0.6 is 11.7 Å². The van der Waals surface area contributed by atoms with E-state index in [1.54, 1.807) is 12.1 Å². The zero-order valence-electron chi connectivity index (χ0n) is 11.4. The van der Waals surface area contributed by atoms with Crippen LogP contribution in [-0.2, 0) is 14.8 Å². The van der Waals surface area contributed by atoms with Gasteiger partial charge in [0.25, 0.3) is 10.0 Å². The van der Waals surface area contributed by atoms with Crippen molar-refractivity contribution in [1.29, 1.82) is 0 Å². The fourth-order valence-electron chi connectivity index (χ4n) is 2.37. The van der Waals surface area contributed by atoms with Gasteiger partial charge < -0.3 is 0 Å². The van der Waals surface area contributed by atoms with Crippen LogP contribution < -0.4 is 4.72 Å². The number of carbonyl (C=O) groups is 1. The molecule has 21 heavy (non-hydrogen) atoms. The fraction of sp³-hybridized carbons (Fsp3) is 0.462. The topological polar surface area (TPSA) is 89.0 Å². The van der Waals surface area contributed by atoms with Crippen molar-refractivity contribution < 1.29 is 13.2 Å². The number of carbonyl (C=O) groups excluding carboxylic acids is 1. The Bertz CT molecular complexity index is 781. The molecule has 1 aliphatic carbocycles. The maximum Gasteiger partial charge on any atom is 0.266 e. The van der Waals surface area contributed by atoms with Gasteiger partial charge in [-0.25, -0.2) is 13.1 Å². The summed E-state index contributed by atoms with van der Waals surface area (Å²) in [6, 6.07) is 4.72. The van der Waals surface area contributed by atoms with Gasteiger partial charge in [-0.2, -0.15) is 8.75 Å². The van der Waals surface area contributed by atoms with E-state index in [2.05, 4.69) is 13.5 Å². The van der Waals surface area contributed by atoms with Crippen LogP contribution in [0.4, 0.5) is 0 Å². The lowest BCUT2D eigenvalue weighted by atomic mass is 10.0. The Kier molecular flexibility index (Phi) is 3.66. The van der Waals surface area contributed by atoms with Crippen LogP contribution in [-0.4, -0.2) is 23.1 Å². The van der Waals surface area contributed by atoms with Gasteiger partial charge in [0.2, 0.25) is 5.91 Å². The summed E-state index contributed by atoms with van der Waals surface area (Å²) >= 11 is 0.948. The first-order valence-electron chi connectivity index (χ1n) is 6.74. The summed E-state index contributed by atoms with van der Waals surface area (Å²) in [6.07, 6.45) is 2.49. The summed E-state index contributed by atoms with van der Waals surface area (Å²) in [7, 11) is -3.90. The molecular formula is C13H15N3O3S2. The van der Waals surface area contributed by atoms with Crippen LogP contribution in [0.15, 0.2) is 23.1 Å². The lowest BCUT2D eigenvalue weighted by Gasteiger charge is -2.11. The largest absolute Gasteiger partial charge is 0.274 e. The van der Waals surface area contributed by atoms with E-state index in [0.29, 0.717) is 17.0 Å². The molecule has 8 heteroatoms. The number of nitrogens with zero attached hydrogens (tertiary/aromatic N) is 2. The van der Waals surface area contributed by atoms with Gasteiger partial charge in [0, 0.05) is 6.42 Å². The van der Waals surface area contributed by atoms with E-state index in [1.807, 2.05) is 6.92 Å². The van der Waals surface area contributed by atoms with Gasteiger partial charge in [0.05, 0.1) is 11.7 Å². The van der Waals surface area contributed by atoms with Crippen molar-refractivity contribution in [2.45, 2.75) is 31.1 Å². The van der Waals surface area contributed by atoms with Gasteiger partial charge in [-0.05, 0) is 36.8 Å². The van der Waals surface area contributed by atoms with Crippen LogP contribution in [0.2, 0.25) is 0 Å². The smallest absolute Gasteiger partial charge is 0.266 e. The van der Waals surface area contributed by atoms with Crippen LogP contribution in [0.5, 0.6) is 0 Å². The highest BCUT2D eigenvalue weighted by atomic mass is 32.2. The van der Waals surface area contributed by atoms with Gasteiger partial charge in [-0.1, -0.05) is 13.0 Å². The highest BCUT2D eigenvalue weighted by Crippen LogP contribution is 2.38. The molecule has 1 heterocycles. The number of hydrogen-bond donors (Lipinski definition) is 1. The number of hydrogen-bond acceptors (Lipinski definition) is 6. The van der Waals surface area contributed by atoms with Gasteiger partial charge in [0.15, 0.2) is 0 Å². The van der Waals surface area contributed by atoms with Crippen LogP contribution in [0, 0.1) is 11.8 Å². The van der Waals surface area contributed by atoms with Crippen molar-refractivity contribution in [3.63, 3.8) is 0 Å². The minimum Gasteiger partial charge on any atom is -0.274 e. The zero-order valence-corrected chi connectivity index (χ0v) is 13.1. The quantitative estimate of drug-likeness (QED) is 0.907. The van der Waals surface area contributed by atoms with E-state index in [0.717, 1.165) is 24.6 Å². The maximum absolute atomic E-state index is 12.3. The minimum absolute atomic E-state index is 0.00109. The van der Waals surface area contributed by atoms with Crippen molar-refractivity contribution in [2.24, 2.45) is 11.8 Å². The molecule has 0 spiro atoms. The third kappa shape index (κ3) is 3.06. The molecule has 1 saturated carbocycles. The predicted molar refractivity (Wildman–Crippen MR) is 79.2 cm³/mol. The molecule has 112 valence electrons. The molecule has 0 saturated heterocycles. The minimum atomic E-state index is -3.90. The van der Waals surface area contributed by atoms with E-state index in [1.165, 1.54) is 6.07 Å². The van der Waals surface area contributed by atoms with E-state index in [4.69, 9.17) is 0 Å². The second-order valence-electron chi connectivity index (χ2n) is 5.44. The number of sulfonamides is 1. The van der Waals surface area contributed by atoms with E-state index in [9.17, 15) is 13.2 Å². The average Bonchev–Trinajstić information content (AvgIpc) is 3.15. The van der Waals surface area contributed by atoms with Crippen molar-refractivity contribution in [2.75, 3.05) is 0 Å². The van der Waals surface area contributed by atoms with E-state index >= 15 is 0 Å². The number of aromatic nitrogens is 2. The third-order valence-corrected chi connectivity index (χ3v) is 5.67.